The molecule has 1 aromatic heterocycles. The van der Waals surface area contributed by atoms with Crippen LogP contribution >= 0.6 is 0 Å². The van der Waals surface area contributed by atoms with Gasteiger partial charge in [0.2, 0.25) is 0 Å². The molecule has 2 heteroatoms. The van der Waals surface area contributed by atoms with Crippen LogP contribution in [-0.4, -0.2) is 10.8 Å². The molecule has 0 spiro atoms. The van der Waals surface area contributed by atoms with Gasteiger partial charge < -0.3 is 0 Å². The van der Waals surface area contributed by atoms with Gasteiger partial charge >= 0.3 is 0 Å². The van der Waals surface area contributed by atoms with Gasteiger partial charge in [-0.2, -0.15) is 0 Å². The monoisotopic (exact) mass is 461 g/mol. The van der Waals surface area contributed by atoms with E-state index in [-0.39, 0.29) is 5.78 Å². The van der Waals surface area contributed by atoms with Gasteiger partial charge in [0.25, 0.3) is 0 Å². The van der Waals surface area contributed by atoms with Crippen molar-refractivity contribution in [1.29, 1.82) is 0 Å². The van der Waals surface area contributed by atoms with Crippen LogP contribution in [0.2, 0.25) is 0 Å². The van der Waals surface area contributed by atoms with Gasteiger partial charge in [-0.05, 0) is 21.9 Å². The maximum absolute atomic E-state index is 14.3. The molecule has 0 saturated carbocycles. The largest absolute Gasteiger partial charge is 0.289 e. The van der Waals surface area contributed by atoms with E-state index in [9.17, 15) is 4.79 Å². The molecule has 0 aliphatic heterocycles. The smallest absolute Gasteiger partial charge is 0.194 e. The van der Waals surface area contributed by atoms with E-state index in [2.05, 4.69) is 36.4 Å². The first-order chi connectivity index (χ1) is 17.8. The Hall–Kier alpha value is -4.82. The molecule has 0 aliphatic carbocycles. The second-order valence-corrected chi connectivity index (χ2v) is 8.72. The summed E-state index contributed by atoms with van der Waals surface area (Å²) in [6.45, 7) is 0. The Morgan fingerprint density at radius 1 is 0.528 bits per heavy atom. The standard InChI is InChI=1S/C34H23NO/c36-34(27-18-8-3-9-19-27)32-30(29-22-12-20-24-13-10-11-21-28(24)29)23-35-33(26-16-6-2-7-17-26)31(32)25-14-4-1-5-15-25/h1-23H. The lowest BCUT2D eigenvalue weighted by atomic mass is 9.85. The molecule has 0 N–H and O–H groups in total. The third kappa shape index (κ3) is 3.89. The van der Waals surface area contributed by atoms with E-state index < -0.39 is 0 Å². The summed E-state index contributed by atoms with van der Waals surface area (Å²) in [6.07, 6.45) is 1.87. The molecule has 1 heterocycles. The predicted molar refractivity (Wildman–Crippen MR) is 148 cm³/mol. The number of hydrogen-bond donors (Lipinski definition) is 0. The molecule has 0 unspecified atom stereocenters. The molecule has 0 atom stereocenters. The summed E-state index contributed by atoms with van der Waals surface area (Å²) in [5.74, 6) is -0.0167. The van der Waals surface area contributed by atoms with Crippen LogP contribution in [-0.2, 0) is 0 Å². The fraction of sp³-hybridized carbons (Fsp3) is 0. The molecule has 6 aromatic rings. The number of carbonyl (C=O) groups excluding carboxylic acids is 1. The highest BCUT2D eigenvalue weighted by Crippen LogP contribution is 2.41. The maximum atomic E-state index is 14.3. The Kier molecular flexibility index (Phi) is 5.69. The van der Waals surface area contributed by atoms with Gasteiger partial charge in [-0.1, -0.05) is 133 Å². The molecule has 0 saturated heterocycles. The van der Waals surface area contributed by atoms with E-state index in [1.807, 2.05) is 103 Å². The zero-order valence-electron chi connectivity index (χ0n) is 19.6. The van der Waals surface area contributed by atoms with Crippen molar-refractivity contribution in [1.82, 2.24) is 4.98 Å². The Balaban J connectivity index is 1.75. The van der Waals surface area contributed by atoms with Crippen LogP contribution in [0, 0.1) is 0 Å². The lowest BCUT2D eigenvalue weighted by Crippen LogP contribution is -2.09. The van der Waals surface area contributed by atoms with Gasteiger partial charge in [0.05, 0.1) is 5.69 Å². The fourth-order valence-corrected chi connectivity index (χ4v) is 4.85. The molecule has 0 radical (unpaired) electrons. The molecule has 2 nitrogen and oxygen atoms in total. The molecular formula is C34H23NO. The summed E-state index contributed by atoms with van der Waals surface area (Å²) < 4.78 is 0. The van der Waals surface area contributed by atoms with E-state index in [0.29, 0.717) is 11.1 Å². The summed E-state index contributed by atoms with van der Waals surface area (Å²) in [6, 6.07) is 44.2. The molecular weight excluding hydrogens is 438 g/mol. The topological polar surface area (TPSA) is 30.0 Å². The number of hydrogen-bond acceptors (Lipinski definition) is 2. The van der Waals surface area contributed by atoms with Gasteiger partial charge in [-0.15, -0.1) is 0 Å². The molecule has 36 heavy (non-hydrogen) atoms. The van der Waals surface area contributed by atoms with Gasteiger partial charge in [0, 0.05) is 34.0 Å². The van der Waals surface area contributed by atoms with E-state index in [1.165, 1.54) is 0 Å². The first kappa shape index (κ1) is 21.7. The average Bonchev–Trinajstić information content (AvgIpc) is 2.97. The van der Waals surface area contributed by atoms with Crippen molar-refractivity contribution in [2.45, 2.75) is 0 Å². The number of carbonyl (C=O) groups is 1. The molecule has 5 aromatic carbocycles. The quantitative estimate of drug-likeness (QED) is 0.241. The SMILES string of the molecule is O=C(c1ccccc1)c1c(-c2cccc3ccccc23)cnc(-c2ccccc2)c1-c1ccccc1. The number of fused-ring (bicyclic) bond motifs is 1. The predicted octanol–water partition coefficient (Wildman–Crippen LogP) is 8.47. The summed E-state index contributed by atoms with van der Waals surface area (Å²) in [7, 11) is 0. The van der Waals surface area contributed by atoms with Crippen molar-refractivity contribution in [3.63, 3.8) is 0 Å². The van der Waals surface area contributed by atoms with Crippen LogP contribution in [0.15, 0.2) is 140 Å². The van der Waals surface area contributed by atoms with Crippen LogP contribution in [0.1, 0.15) is 15.9 Å². The zero-order valence-corrected chi connectivity index (χ0v) is 19.6. The van der Waals surface area contributed by atoms with E-state index >= 15 is 0 Å². The summed E-state index contributed by atoms with van der Waals surface area (Å²) >= 11 is 0. The minimum absolute atomic E-state index is 0.0167. The molecule has 0 aliphatic rings. The van der Waals surface area contributed by atoms with Crippen molar-refractivity contribution >= 4 is 16.6 Å². The number of benzene rings is 5. The first-order valence-corrected chi connectivity index (χ1v) is 12.0. The molecule has 6 rings (SSSR count). The molecule has 0 bridgehead atoms. The highest BCUT2D eigenvalue weighted by molar-refractivity contribution is 6.19. The Labute approximate surface area is 210 Å². The van der Waals surface area contributed by atoms with Crippen molar-refractivity contribution in [3.05, 3.63) is 151 Å². The minimum atomic E-state index is -0.0167. The molecule has 0 fully saturated rings. The first-order valence-electron chi connectivity index (χ1n) is 12.0. The number of pyridine rings is 1. The van der Waals surface area contributed by atoms with Crippen LogP contribution in [0.25, 0.3) is 44.3 Å². The highest BCUT2D eigenvalue weighted by Gasteiger charge is 2.25. The Morgan fingerprint density at radius 3 is 1.83 bits per heavy atom. The van der Waals surface area contributed by atoms with Crippen LogP contribution < -0.4 is 0 Å². The second-order valence-electron chi connectivity index (χ2n) is 8.72. The summed E-state index contributed by atoms with van der Waals surface area (Å²) in [4.78, 5) is 19.3. The van der Waals surface area contributed by atoms with Crippen molar-refractivity contribution in [3.8, 4) is 33.5 Å². The number of rotatable bonds is 5. The average molecular weight is 462 g/mol. The van der Waals surface area contributed by atoms with Gasteiger partial charge in [-0.3, -0.25) is 9.78 Å². The number of nitrogens with zero attached hydrogens (tertiary/aromatic N) is 1. The normalized spacial score (nSPS) is 10.9. The molecule has 0 amide bonds. The van der Waals surface area contributed by atoms with Gasteiger partial charge in [0.1, 0.15) is 0 Å². The maximum Gasteiger partial charge on any atom is 0.194 e. The number of ketones is 1. The third-order valence-corrected chi connectivity index (χ3v) is 6.53. The van der Waals surface area contributed by atoms with E-state index in [0.717, 1.165) is 44.3 Å². The minimum Gasteiger partial charge on any atom is -0.289 e. The lowest BCUT2D eigenvalue weighted by Gasteiger charge is -2.19. The summed E-state index contributed by atoms with van der Waals surface area (Å²) in [5.41, 5.74) is 6.73. The van der Waals surface area contributed by atoms with Crippen LogP contribution in [0.4, 0.5) is 0 Å². The van der Waals surface area contributed by atoms with E-state index in [1.54, 1.807) is 0 Å². The van der Waals surface area contributed by atoms with Gasteiger partial charge in [-0.25, -0.2) is 0 Å². The Morgan fingerprint density at radius 2 is 1.11 bits per heavy atom. The van der Waals surface area contributed by atoms with E-state index in [4.69, 9.17) is 4.98 Å². The van der Waals surface area contributed by atoms with Crippen LogP contribution in [0.5, 0.6) is 0 Å². The fourth-order valence-electron chi connectivity index (χ4n) is 4.85. The number of aromatic nitrogens is 1. The zero-order chi connectivity index (χ0) is 24.3. The molecule has 170 valence electrons. The Bertz CT molecular complexity index is 1670. The highest BCUT2D eigenvalue weighted by atomic mass is 16.1. The van der Waals surface area contributed by atoms with Crippen LogP contribution in [0.3, 0.4) is 0 Å². The summed E-state index contributed by atoms with van der Waals surface area (Å²) in [5, 5.41) is 2.22. The van der Waals surface area contributed by atoms with Crippen molar-refractivity contribution in [2.75, 3.05) is 0 Å². The third-order valence-electron chi connectivity index (χ3n) is 6.53. The van der Waals surface area contributed by atoms with Crippen molar-refractivity contribution in [2.24, 2.45) is 0 Å². The van der Waals surface area contributed by atoms with Crippen molar-refractivity contribution < 1.29 is 4.79 Å². The van der Waals surface area contributed by atoms with Gasteiger partial charge in [0.15, 0.2) is 5.78 Å². The lowest BCUT2D eigenvalue weighted by molar-refractivity contribution is 0.104. The second kappa shape index (κ2) is 9.44.